The molecule has 3 atom stereocenters. The largest absolute Gasteiger partial charge is 0.490 e. The van der Waals surface area contributed by atoms with Crippen LogP contribution in [0.1, 0.15) is 16.8 Å². The van der Waals surface area contributed by atoms with E-state index < -0.39 is 12.1 Å². The Bertz CT molecular complexity index is 696. The van der Waals surface area contributed by atoms with Gasteiger partial charge in [0.25, 0.3) is 5.91 Å². The zero-order chi connectivity index (χ0) is 20.4. The molecular formula is C16H20F3N3O4S. The summed E-state index contributed by atoms with van der Waals surface area (Å²) in [7, 11) is 3.67. The maximum Gasteiger partial charge on any atom is 0.490 e. The Morgan fingerprint density at radius 1 is 1.30 bits per heavy atom. The average Bonchev–Trinajstić information content (AvgIpc) is 3.31. The third-order valence-corrected chi connectivity index (χ3v) is 5.48. The van der Waals surface area contributed by atoms with E-state index >= 15 is 0 Å². The van der Waals surface area contributed by atoms with Gasteiger partial charge in [0.2, 0.25) is 5.91 Å². The molecule has 2 amide bonds. The number of halogens is 3. The Hall–Kier alpha value is -2.14. The van der Waals surface area contributed by atoms with Gasteiger partial charge in [-0.05, 0) is 30.8 Å². The van der Waals surface area contributed by atoms with Crippen molar-refractivity contribution >= 4 is 29.1 Å². The Balaban J connectivity index is 0.000000321. The Morgan fingerprint density at radius 2 is 1.93 bits per heavy atom. The van der Waals surface area contributed by atoms with Crippen molar-refractivity contribution in [2.45, 2.75) is 24.7 Å². The number of hydrogen-bond donors (Lipinski definition) is 2. The number of hydrogen-bond acceptors (Lipinski definition) is 5. The molecule has 0 bridgehead atoms. The lowest BCUT2D eigenvalue weighted by Gasteiger charge is -2.25. The van der Waals surface area contributed by atoms with Crippen LogP contribution < -0.4 is 5.32 Å². The zero-order valence-electron chi connectivity index (χ0n) is 14.7. The van der Waals surface area contributed by atoms with Crippen LogP contribution in [0.4, 0.5) is 13.2 Å². The van der Waals surface area contributed by atoms with Gasteiger partial charge in [0.05, 0.1) is 11.6 Å². The third-order valence-electron chi connectivity index (χ3n) is 4.79. The van der Waals surface area contributed by atoms with Crippen molar-refractivity contribution in [2.24, 2.45) is 5.92 Å². The fourth-order valence-corrected chi connectivity index (χ4v) is 4.05. The molecule has 0 saturated carbocycles. The van der Waals surface area contributed by atoms with Crippen LogP contribution in [0, 0.1) is 5.92 Å². The van der Waals surface area contributed by atoms with Crippen LogP contribution in [-0.4, -0.2) is 78.1 Å². The Morgan fingerprint density at radius 3 is 2.37 bits per heavy atom. The molecule has 7 nitrogen and oxygen atoms in total. The number of likely N-dealkylation sites (N-methyl/N-ethyl adjacent to an activating group) is 2. The summed E-state index contributed by atoms with van der Waals surface area (Å²) in [4.78, 5) is 37.1. The minimum absolute atomic E-state index is 0.0478. The second-order valence-electron chi connectivity index (χ2n) is 6.38. The van der Waals surface area contributed by atoms with Crippen molar-refractivity contribution in [2.75, 3.05) is 27.2 Å². The predicted molar refractivity (Wildman–Crippen MR) is 91.4 cm³/mol. The van der Waals surface area contributed by atoms with Crippen LogP contribution in [0.15, 0.2) is 16.8 Å². The molecule has 2 aliphatic rings. The summed E-state index contributed by atoms with van der Waals surface area (Å²) in [5.74, 6) is -2.15. The molecule has 150 valence electrons. The number of nitrogens with zero attached hydrogens (tertiary/aromatic N) is 2. The summed E-state index contributed by atoms with van der Waals surface area (Å²) in [6.45, 7) is 1.49. The van der Waals surface area contributed by atoms with Crippen LogP contribution in [-0.2, 0) is 9.59 Å². The maximum absolute atomic E-state index is 12.4. The van der Waals surface area contributed by atoms with Crippen molar-refractivity contribution in [1.82, 2.24) is 15.1 Å². The van der Waals surface area contributed by atoms with Crippen molar-refractivity contribution in [3.8, 4) is 0 Å². The van der Waals surface area contributed by atoms with E-state index in [0.29, 0.717) is 12.0 Å². The quantitative estimate of drug-likeness (QED) is 0.771. The van der Waals surface area contributed by atoms with E-state index in [4.69, 9.17) is 9.90 Å². The predicted octanol–water partition coefficient (Wildman–Crippen LogP) is 1.27. The smallest absolute Gasteiger partial charge is 0.475 e. The van der Waals surface area contributed by atoms with E-state index in [-0.39, 0.29) is 17.9 Å². The number of likely N-dealkylation sites (tertiary alicyclic amines) is 2. The average molecular weight is 407 g/mol. The van der Waals surface area contributed by atoms with E-state index in [0.717, 1.165) is 25.1 Å². The van der Waals surface area contributed by atoms with Gasteiger partial charge in [-0.3, -0.25) is 14.5 Å². The fourth-order valence-electron chi connectivity index (χ4n) is 3.42. The summed E-state index contributed by atoms with van der Waals surface area (Å²) in [6.07, 6.45) is -4.24. The minimum atomic E-state index is -5.08. The maximum atomic E-state index is 12.4. The molecule has 3 rings (SSSR count). The molecule has 2 N–H and O–H groups in total. The highest BCUT2D eigenvalue weighted by atomic mass is 32.1. The van der Waals surface area contributed by atoms with E-state index in [1.165, 1.54) is 0 Å². The van der Waals surface area contributed by atoms with Gasteiger partial charge in [-0.1, -0.05) is 0 Å². The number of amides is 2. The molecule has 2 saturated heterocycles. The first-order valence-electron chi connectivity index (χ1n) is 8.11. The van der Waals surface area contributed by atoms with Gasteiger partial charge >= 0.3 is 12.1 Å². The first-order valence-corrected chi connectivity index (χ1v) is 9.05. The van der Waals surface area contributed by atoms with Gasteiger partial charge < -0.3 is 15.3 Å². The monoisotopic (exact) mass is 407 g/mol. The number of carbonyl (C=O) groups is 3. The van der Waals surface area contributed by atoms with E-state index in [1.807, 2.05) is 28.8 Å². The topological polar surface area (TPSA) is 90.0 Å². The molecule has 0 spiro atoms. The second-order valence-corrected chi connectivity index (χ2v) is 7.16. The normalized spacial score (nSPS) is 24.8. The fraction of sp³-hybridized carbons (Fsp3) is 0.562. The highest BCUT2D eigenvalue weighted by Crippen LogP contribution is 2.35. The van der Waals surface area contributed by atoms with Gasteiger partial charge in [0.15, 0.2) is 0 Å². The van der Waals surface area contributed by atoms with Crippen LogP contribution in [0.5, 0.6) is 0 Å². The summed E-state index contributed by atoms with van der Waals surface area (Å²) in [5, 5.41) is 13.7. The molecule has 27 heavy (non-hydrogen) atoms. The summed E-state index contributed by atoms with van der Waals surface area (Å²) >= 11 is 1.55. The van der Waals surface area contributed by atoms with Crippen molar-refractivity contribution in [3.05, 3.63) is 22.4 Å². The first-order chi connectivity index (χ1) is 12.6. The van der Waals surface area contributed by atoms with E-state index in [9.17, 15) is 22.8 Å². The molecule has 0 radical (unpaired) electrons. The van der Waals surface area contributed by atoms with Crippen LogP contribution in [0.2, 0.25) is 0 Å². The molecular weight excluding hydrogens is 387 g/mol. The van der Waals surface area contributed by atoms with E-state index in [2.05, 4.69) is 10.2 Å². The third kappa shape index (κ3) is 4.78. The standard InChI is InChI=1S/C14H19N3O2S.C2HF3O2/c1-15-13(18)11-5-10-6-17(7-12(10)16(11)2)14(19)9-3-4-20-8-9;3-2(4,5)1(6)7/h3-4,8,10-12H,5-7H2,1-2H3,(H,15,18);(H,6,7)/t10-,11-,12+;/m1./s1. The SMILES string of the molecule is CNC(=O)[C@H]1C[C@@H]2CN(C(=O)c3ccsc3)C[C@@H]2N1C.O=C(O)C(F)(F)F. The number of carbonyl (C=O) groups excluding carboxylic acids is 2. The molecule has 3 heterocycles. The number of rotatable bonds is 2. The minimum Gasteiger partial charge on any atom is -0.475 e. The summed E-state index contributed by atoms with van der Waals surface area (Å²) in [6, 6.07) is 2.13. The molecule has 2 aliphatic heterocycles. The lowest BCUT2D eigenvalue weighted by Crippen LogP contribution is -2.45. The van der Waals surface area contributed by atoms with E-state index in [1.54, 1.807) is 18.4 Å². The van der Waals surface area contributed by atoms with Gasteiger partial charge in [-0.15, -0.1) is 0 Å². The lowest BCUT2D eigenvalue weighted by atomic mass is 10.0. The number of thiophene rings is 1. The molecule has 0 aliphatic carbocycles. The van der Waals surface area contributed by atoms with Crippen molar-refractivity contribution < 1.29 is 32.7 Å². The number of carboxylic acid groups (broad SMARTS) is 1. The Kier molecular flexibility index (Phi) is 6.47. The lowest BCUT2D eigenvalue weighted by molar-refractivity contribution is -0.192. The van der Waals surface area contributed by atoms with Crippen LogP contribution in [0.25, 0.3) is 0 Å². The Labute approximate surface area is 157 Å². The number of nitrogens with one attached hydrogen (secondary N) is 1. The number of fused-ring (bicyclic) bond motifs is 1. The highest BCUT2D eigenvalue weighted by Gasteiger charge is 2.48. The number of aliphatic carboxylic acids is 1. The highest BCUT2D eigenvalue weighted by molar-refractivity contribution is 7.08. The van der Waals surface area contributed by atoms with Crippen molar-refractivity contribution in [1.29, 1.82) is 0 Å². The van der Waals surface area contributed by atoms with Crippen LogP contribution in [0.3, 0.4) is 0 Å². The van der Waals surface area contributed by atoms with Crippen molar-refractivity contribution in [3.63, 3.8) is 0 Å². The molecule has 1 aromatic heterocycles. The van der Waals surface area contributed by atoms with Gasteiger partial charge in [-0.25, -0.2) is 4.79 Å². The molecule has 11 heteroatoms. The van der Waals surface area contributed by atoms with Gasteiger partial charge in [0.1, 0.15) is 0 Å². The molecule has 2 fully saturated rings. The molecule has 0 aromatic carbocycles. The van der Waals surface area contributed by atoms with Gasteiger partial charge in [-0.2, -0.15) is 24.5 Å². The number of carboxylic acids is 1. The summed E-state index contributed by atoms with van der Waals surface area (Å²) in [5.41, 5.74) is 0.778. The molecule has 0 unspecified atom stereocenters. The summed E-state index contributed by atoms with van der Waals surface area (Å²) < 4.78 is 31.7. The zero-order valence-corrected chi connectivity index (χ0v) is 15.5. The second kappa shape index (κ2) is 8.26. The van der Waals surface area contributed by atoms with Gasteiger partial charge in [0, 0.05) is 31.6 Å². The first kappa shape index (κ1) is 21.2. The number of alkyl halides is 3. The molecule has 1 aromatic rings. The van der Waals surface area contributed by atoms with Crippen LogP contribution >= 0.6 is 11.3 Å².